The molecule has 0 amide bonds. The van der Waals surface area contributed by atoms with E-state index in [1.807, 2.05) is 0 Å². The van der Waals surface area contributed by atoms with Crippen LogP contribution in [0.5, 0.6) is 0 Å². The highest BCUT2D eigenvalue weighted by molar-refractivity contribution is 5.48. The van der Waals surface area contributed by atoms with E-state index in [-0.39, 0.29) is 0 Å². The van der Waals surface area contributed by atoms with Crippen molar-refractivity contribution in [3.63, 3.8) is 0 Å². The number of hydrogen-bond donors (Lipinski definition) is 1. The number of benzene rings is 1. The van der Waals surface area contributed by atoms with Crippen LogP contribution in [0, 0.1) is 5.41 Å². The molecule has 1 aromatic carbocycles. The molecular formula is C19H29NO. The minimum Gasteiger partial charge on any atom is -0.382 e. The van der Waals surface area contributed by atoms with E-state index in [1.54, 1.807) is 0 Å². The van der Waals surface area contributed by atoms with Crippen molar-refractivity contribution in [3.8, 4) is 0 Å². The molecule has 1 spiro atoms. The molecule has 0 radical (unpaired) electrons. The molecule has 0 aliphatic heterocycles. The Hall–Kier alpha value is -1.02. The molecule has 0 bridgehead atoms. The second-order valence-corrected chi connectivity index (χ2v) is 7.10. The van der Waals surface area contributed by atoms with Gasteiger partial charge in [-0.15, -0.1) is 0 Å². The zero-order valence-corrected chi connectivity index (χ0v) is 13.7. The molecule has 0 heterocycles. The molecule has 1 N–H and O–H groups in total. The lowest BCUT2D eigenvalue weighted by atomic mass is 9.60. The lowest BCUT2D eigenvalue weighted by Gasteiger charge is -2.54. The largest absolute Gasteiger partial charge is 0.382 e. The molecule has 21 heavy (non-hydrogen) atoms. The maximum absolute atomic E-state index is 6.01. The molecule has 2 unspecified atom stereocenters. The normalized spacial score (nSPS) is 27.0. The third kappa shape index (κ3) is 2.70. The minimum absolute atomic E-state index is 0.407. The maximum atomic E-state index is 6.01. The van der Waals surface area contributed by atoms with Crippen LogP contribution >= 0.6 is 0 Å². The van der Waals surface area contributed by atoms with Gasteiger partial charge in [-0.05, 0) is 49.8 Å². The van der Waals surface area contributed by atoms with E-state index in [4.69, 9.17) is 4.74 Å². The number of anilines is 1. The van der Waals surface area contributed by atoms with E-state index >= 15 is 0 Å². The van der Waals surface area contributed by atoms with Crippen molar-refractivity contribution in [1.29, 1.82) is 0 Å². The summed E-state index contributed by atoms with van der Waals surface area (Å²) in [5, 5.41) is 3.81. The summed E-state index contributed by atoms with van der Waals surface area (Å²) in [5.41, 5.74) is 3.11. The molecule has 2 nitrogen and oxygen atoms in total. The van der Waals surface area contributed by atoms with Gasteiger partial charge in [0.1, 0.15) is 0 Å². The summed E-state index contributed by atoms with van der Waals surface area (Å²) in [6.07, 6.45) is 7.05. The van der Waals surface area contributed by atoms with Gasteiger partial charge < -0.3 is 10.1 Å². The van der Waals surface area contributed by atoms with Crippen LogP contribution in [0.4, 0.5) is 5.69 Å². The summed E-state index contributed by atoms with van der Waals surface area (Å²) in [6.45, 7) is 7.48. The fourth-order valence-corrected chi connectivity index (χ4v) is 4.28. The van der Waals surface area contributed by atoms with Crippen LogP contribution in [0.1, 0.15) is 64.4 Å². The lowest BCUT2D eigenvalue weighted by Crippen LogP contribution is -2.60. The summed E-state index contributed by atoms with van der Waals surface area (Å²) < 4.78 is 6.01. The molecule has 0 saturated heterocycles. The summed E-state index contributed by atoms with van der Waals surface area (Å²) in [5.74, 6) is 0.588. The molecule has 2 heteroatoms. The van der Waals surface area contributed by atoms with E-state index in [2.05, 4.69) is 50.4 Å². The van der Waals surface area contributed by atoms with E-state index in [0.29, 0.717) is 23.5 Å². The SMILES string of the molecule is CCOC1CC(Nc2cccc(C(C)C)c2)C12CCCC2. The van der Waals surface area contributed by atoms with Gasteiger partial charge in [0, 0.05) is 23.8 Å². The maximum Gasteiger partial charge on any atom is 0.0670 e. The highest BCUT2D eigenvalue weighted by Gasteiger charge is 2.56. The second-order valence-electron chi connectivity index (χ2n) is 7.10. The second kappa shape index (κ2) is 6.00. The molecule has 116 valence electrons. The quantitative estimate of drug-likeness (QED) is 0.826. The minimum atomic E-state index is 0.407. The zero-order valence-electron chi connectivity index (χ0n) is 13.7. The highest BCUT2D eigenvalue weighted by Crippen LogP contribution is 2.55. The summed E-state index contributed by atoms with van der Waals surface area (Å²) in [7, 11) is 0. The van der Waals surface area contributed by atoms with Gasteiger partial charge in [-0.2, -0.15) is 0 Å². The average molecular weight is 287 g/mol. The van der Waals surface area contributed by atoms with Crippen molar-refractivity contribution >= 4 is 5.69 Å². The number of nitrogens with one attached hydrogen (secondary N) is 1. The monoisotopic (exact) mass is 287 g/mol. The number of rotatable bonds is 5. The van der Waals surface area contributed by atoms with Crippen LogP contribution in [0.25, 0.3) is 0 Å². The van der Waals surface area contributed by atoms with Gasteiger partial charge in [0.2, 0.25) is 0 Å². The van der Waals surface area contributed by atoms with Crippen LogP contribution in [0.15, 0.2) is 24.3 Å². The summed E-state index contributed by atoms with van der Waals surface area (Å²) in [6, 6.07) is 9.53. The van der Waals surface area contributed by atoms with Gasteiger partial charge in [0.05, 0.1) is 6.10 Å². The van der Waals surface area contributed by atoms with E-state index in [9.17, 15) is 0 Å². The molecule has 2 atom stereocenters. The van der Waals surface area contributed by atoms with Crippen molar-refractivity contribution in [2.45, 2.75) is 70.9 Å². The van der Waals surface area contributed by atoms with Crippen molar-refractivity contribution < 1.29 is 4.74 Å². The molecule has 1 aromatic rings. The van der Waals surface area contributed by atoms with Crippen LogP contribution in [0.3, 0.4) is 0 Å². The number of hydrogen-bond acceptors (Lipinski definition) is 2. The van der Waals surface area contributed by atoms with Gasteiger partial charge in [-0.3, -0.25) is 0 Å². The highest BCUT2D eigenvalue weighted by atomic mass is 16.5. The number of ether oxygens (including phenoxy) is 1. The van der Waals surface area contributed by atoms with Gasteiger partial charge in [-0.1, -0.05) is 38.8 Å². The Morgan fingerprint density at radius 1 is 1.29 bits per heavy atom. The van der Waals surface area contributed by atoms with Gasteiger partial charge in [0.25, 0.3) is 0 Å². The Labute approximate surface area is 129 Å². The Balaban J connectivity index is 1.72. The zero-order chi connectivity index (χ0) is 14.9. The topological polar surface area (TPSA) is 21.3 Å². The molecule has 0 aromatic heterocycles. The van der Waals surface area contributed by atoms with Crippen molar-refractivity contribution in [2.75, 3.05) is 11.9 Å². The van der Waals surface area contributed by atoms with Crippen LogP contribution in [-0.2, 0) is 4.74 Å². The molecule has 2 aliphatic carbocycles. The molecule has 3 rings (SSSR count). The third-order valence-corrected chi connectivity index (χ3v) is 5.58. The van der Waals surface area contributed by atoms with E-state index in [0.717, 1.165) is 6.61 Å². The molecular weight excluding hydrogens is 258 g/mol. The van der Waals surface area contributed by atoms with Crippen LogP contribution < -0.4 is 5.32 Å². The fourth-order valence-electron chi connectivity index (χ4n) is 4.28. The first-order valence-electron chi connectivity index (χ1n) is 8.64. The van der Waals surface area contributed by atoms with Crippen molar-refractivity contribution in [1.82, 2.24) is 0 Å². The first-order chi connectivity index (χ1) is 10.2. The van der Waals surface area contributed by atoms with E-state index < -0.39 is 0 Å². The van der Waals surface area contributed by atoms with Gasteiger partial charge in [-0.25, -0.2) is 0 Å². The van der Waals surface area contributed by atoms with Crippen LogP contribution in [-0.4, -0.2) is 18.8 Å². The fraction of sp³-hybridized carbons (Fsp3) is 0.684. The first-order valence-corrected chi connectivity index (χ1v) is 8.64. The lowest BCUT2D eigenvalue weighted by molar-refractivity contribution is -0.114. The Bertz CT molecular complexity index is 476. The van der Waals surface area contributed by atoms with Crippen LogP contribution in [0.2, 0.25) is 0 Å². The Kier molecular flexibility index (Phi) is 4.26. The average Bonchev–Trinajstić information content (AvgIpc) is 2.99. The third-order valence-electron chi connectivity index (χ3n) is 5.58. The van der Waals surface area contributed by atoms with Crippen molar-refractivity contribution in [2.24, 2.45) is 5.41 Å². The molecule has 2 fully saturated rings. The van der Waals surface area contributed by atoms with Crippen molar-refractivity contribution in [3.05, 3.63) is 29.8 Å². The summed E-state index contributed by atoms with van der Waals surface area (Å²) in [4.78, 5) is 0. The van der Waals surface area contributed by atoms with E-state index in [1.165, 1.54) is 43.4 Å². The molecule has 2 aliphatic rings. The smallest absolute Gasteiger partial charge is 0.0670 e. The predicted octanol–water partition coefficient (Wildman–Crippen LogP) is 4.96. The predicted molar refractivity (Wildman–Crippen MR) is 88.9 cm³/mol. The Morgan fingerprint density at radius 3 is 2.71 bits per heavy atom. The molecule has 2 saturated carbocycles. The van der Waals surface area contributed by atoms with Gasteiger partial charge in [0.15, 0.2) is 0 Å². The van der Waals surface area contributed by atoms with Gasteiger partial charge >= 0.3 is 0 Å². The first kappa shape index (κ1) is 14.9. The standard InChI is InChI=1S/C19H29NO/c1-4-21-18-13-17(19(18)10-5-6-11-19)20-16-9-7-8-15(12-16)14(2)3/h7-9,12,14,17-18,20H,4-6,10-11,13H2,1-3H3. The summed E-state index contributed by atoms with van der Waals surface area (Å²) >= 11 is 0. The Morgan fingerprint density at radius 2 is 2.05 bits per heavy atom.